The first-order valence-corrected chi connectivity index (χ1v) is 8.62. The summed E-state index contributed by atoms with van der Waals surface area (Å²) < 4.78 is 19.1. The molecule has 2 aromatic rings. The molecule has 1 N–H and O–H groups in total. The summed E-state index contributed by atoms with van der Waals surface area (Å²) >= 11 is 0. The number of likely N-dealkylation sites (N-methyl/N-ethyl adjacent to an activating group) is 1. The predicted octanol–water partition coefficient (Wildman–Crippen LogP) is 2.70. The monoisotopic (exact) mass is 352 g/mol. The molecule has 4 rings (SSSR count). The summed E-state index contributed by atoms with van der Waals surface area (Å²) in [6.07, 6.45) is 4.01. The highest BCUT2D eigenvalue weighted by Gasteiger charge is 2.28. The molecule has 0 bridgehead atoms. The molecule has 1 aromatic heterocycles. The maximum atomic E-state index is 13.1. The number of benzene rings is 1. The first kappa shape index (κ1) is 16.6. The summed E-state index contributed by atoms with van der Waals surface area (Å²) in [5.41, 5.74) is 7.89. The van der Waals surface area contributed by atoms with Gasteiger partial charge in [0.25, 0.3) is 0 Å². The van der Waals surface area contributed by atoms with Gasteiger partial charge in [-0.05, 0) is 42.5 Å². The van der Waals surface area contributed by atoms with Crippen molar-refractivity contribution in [3.05, 3.63) is 83.2 Å². The lowest BCUT2D eigenvalue weighted by Crippen LogP contribution is -2.32. The number of ether oxygens (including phenoxy) is 1. The number of fused-ring (bicyclic) bond motifs is 1. The van der Waals surface area contributed by atoms with Crippen molar-refractivity contribution >= 4 is 0 Å². The van der Waals surface area contributed by atoms with Crippen LogP contribution in [0.2, 0.25) is 0 Å². The van der Waals surface area contributed by atoms with E-state index in [9.17, 15) is 4.39 Å². The fraction of sp³-hybridized carbons (Fsp3) is 0.250. The molecule has 0 spiro atoms. The van der Waals surface area contributed by atoms with Crippen LogP contribution in [0, 0.1) is 5.82 Å². The van der Waals surface area contributed by atoms with Gasteiger partial charge in [-0.1, -0.05) is 6.07 Å². The third-order valence-corrected chi connectivity index (χ3v) is 4.55. The van der Waals surface area contributed by atoms with Gasteiger partial charge in [-0.3, -0.25) is 4.98 Å². The van der Waals surface area contributed by atoms with Crippen LogP contribution in [-0.4, -0.2) is 41.6 Å². The van der Waals surface area contributed by atoms with Gasteiger partial charge in [-0.15, -0.1) is 0 Å². The number of pyridine rings is 1. The van der Waals surface area contributed by atoms with Gasteiger partial charge in [-0.2, -0.15) is 0 Å². The largest absolute Gasteiger partial charge is 0.487 e. The Balaban J connectivity index is 1.57. The standard InChI is InChI=1S/C20H21FN4O/c1-24-13-18-19(23-24)9-11-25(12-16-4-2-3-10-22-16)20(18)14-26-17-7-5-15(21)6-8-17/h2-10,23H,11-14H2,1H3. The summed E-state index contributed by atoms with van der Waals surface area (Å²) in [5.74, 6) is 0.397. The molecule has 0 aliphatic carbocycles. The van der Waals surface area contributed by atoms with Crippen LogP contribution in [-0.2, 0) is 6.54 Å². The van der Waals surface area contributed by atoms with E-state index in [0.717, 1.165) is 36.7 Å². The van der Waals surface area contributed by atoms with E-state index in [2.05, 4.69) is 26.4 Å². The Hall–Kier alpha value is -2.86. The van der Waals surface area contributed by atoms with Crippen LogP contribution in [0.15, 0.2) is 71.7 Å². The number of nitrogens with one attached hydrogen (secondary N) is 1. The normalized spacial score (nSPS) is 17.0. The molecule has 0 amide bonds. The Morgan fingerprint density at radius 3 is 2.81 bits per heavy atom. The van der Waals surface area contributed by atoms with E-state index >= 15 is 0 Å². The quantitative estimate of drug-likeness (QED) is 0.896. The molecule has 1 saturated heterocycles. The van der Waals surface area contributed by atoms with Gasteiger partial charge >= 0.3 is 0 Å². The van der Waals surface area contributed by atoms with Crippen molar-refractivity contribution in [2.75, 3.05) is 26.7 Å². The summed E-state index contributed by atoms with van der Waals surface area (Å²) in [6, 6.07) is 12.1. The maximum absolute atomic E-state index is 13.1. The van der Waals surface area contributed by atoms with E-state index in [-0.39, 0.29) is 5.82 Å². The maximum Gasteiger partial charge on any atom is 0.128 e. The molecule has 26 heavy (non-hydrogen) atoms. The van der Waals surface area contributed by atoms with Gasteiger partial charge in [0.05, 0.1) is 23.6 Å². The molecule has 134 valence electrons. The van der Waals surface area contributed by atoms with Gasteiger partial charge in [0.1, 0.15) is 18.2 Å². The minimum absolute atomic E-state index is 0.263. The Kier molecular flexibility index (Phi) is 4.58. The molecule has 0 saturated carbocycles. The lowest BCUT2D eigenvalue weighted by Gasteiger charge is -2.31. The van der Waals surface area contributed by atoms with Crippen molar-refractivity contribution in [2.24, 2.45) is 0 Å². The summed E-state index contributed by atoms with van der Waals surface area (Å²) in [4.78, 5) is 6.73. The fourth-order valence-electron chi connectivity index (χ4n) is 3.26. The lowest BCUT2D eigenvalue weighted by molar-refractivity contribution is 0.266. The van der Waals surface area contributed by atoms with Crippen LogP contribution in [0.5, 0.6) is 5.75 Å². The highest BCUT2D eigenvalue weighted by Crippen LogP contribution is 2.28. The highest BCUT2D eigenvalue weighted by atomic mass is 19.1. The van der Waals surface area contributed by atoms with E-state index in [0.29, 0.717) is 12.4 Å². The molecule has 0 radical (unpaired) electrons. The summed E-state index contributed by atoms with van der Waals surface area (Å²) in [6.45, 7) is 2.76. The molecule has 0 unspecified atom stereocenters. The molecule has 3 heterocycles. The number of halogens is 1. The van der Waals surface area contributed by atoms with E-state index in [1.165, 1.54) is 17.7 Å². The van der Waals surface area contributed by atoms with Gasteiger partial charge in [0, 0.05) is 31.9 Å². The van der Waals surface area contributed by atoms with Crippen LogP contribution >= 0.6 is 0 Å². The van der Waals surface area contributed by atoms with Gasteiger partial charge in [0.2, 0.25) is 0 Å². The van der Waals surface area contributed by atoms with Crippen LogP contribution < -0.4 is 10.2 Å². The zero-order chi connectivity index (χ0) is 17.9. The summed E-state index contributed by atoms with van der Waals surface area (Å²) in [7, 11) is 2.02. The third-order valence-electron chi connectivity index (χ3n) is 4.55. The van der Waals surface area contributed by atoms with E-state index < -0.39 is 0 Å². The zero-order valence-corrected chi connectivity index (χ0v) is 14.7. The van der Waals surface area contributed by atoms with Crippen molar-refractivity contribution in [1.29, 1.82) is 0 Å². The molecule has 1 fully saturated rings. The van der Waals surface area contributed by atoms with Crippen molar-refractivity contribution in [3.8, 4) is 5.75 Å². The third kappa shape index (κ3) is 3.55. The van der Waals surface area contributed by atoms with E-state index in [1.807, 2.05) is 31.4 Å². The number of hydrogen-bond acceptors (Lipinski definition) is 5. The SMILES string of the molecule is CN1CC2=C(COc3ccc(F)cc3)N(Cc3ccccn3)CC=C2N1. The fourth-order valence-corrected chi connectivity index (χ4v) is 3.26. The minimum Gasteiger partial charge on any atom is -0.487 e. The van der Waals surface area contributed by atoms with Crippen LogP contribution in [0.4, 0.5) is 4.39 Å². The number of rotatable bonds is 5. The van der Waals surface area contributed by atoms with Crippen LogP contribution in [0.3, 0.4) is 0 Å². The van der Waals surface area contributed by atoms with Crippen molar-refractivity contribution in [2.45, 2.75) is 6.54 Å². The topological polar surface area (TPSA) is 40.6 Å². The average Bonchev–Trinajstić information content (AvgIpc) is 3.03. The summed E-state index contributed by atoms with van der Waals surface area (Å²) in [5, 5.41) is 2.06. The zero-order valence-electron chi connectivity index (χ0n) is 14.7. The molecule has 5 nitrogen and oxygen atoms in total. The molecular weight excluding hydrogens is 331 g/mol. The predicted molar refractivity (Wildman–Crippen MR) is 97.4 cm³/mol. The molecule has 1 aromatic carbocycles. The van der Waals surface area contributed by atoms with Gasteiger partial charge in [0.15, 0.2) is 0 Å². The lowest BCUT2D eigenvalue weighted by atomic mass is 10.1. The number of aromatic nitrogens is 1. The first-order chi connectivity index (χ1) is 12.7. The first-order valence-electron chi connectivity index (χ1n) is 8.62. The molecule has 2 aliphatic rings. The van der Waals surface area contributed by atoms with Crippen molar-refractivity contribution in [3.63, 3.8) is 0 Å². The van der Waals surface area contributed by atoms with Crippen LogP contribution in [0.1, 0.15) is 5.69 Å². The van der Waals surface area contributed by atoms with E-state index in [1.54, 1.807) is 12.1 Å². The molecule has 0 atom stereocenters. The number of hydrazine groups is 1. The Bertz CT molecular complexity index is 833. The Morgan fingerprint density at radius 2 is 2.04 bits per heavy atom. The van der Waals surface area contributed by atoms with E-state index in [4.69, 9.17) is 4.74 Å². The van der Waals surface area contributed by atoms with Gasteiger partial charge < -0.3 is 15.1 Å². The van der Waals surface area contributed by atoms with Crippen molar-refractivity contribution in [1.82, 2.24) is 20.3 Å². The highest BCUT2D eigenvalue weighted by molar-refractivity contribution is 5.41. The van der Waals surface area contributed by atoms with Crippen LogP contribution in [0.25, 0.3) is 0 Å². The number of hydrogen-bond donors (Lipinski definition) is 1. The number of nitrogens with zero attached hydrogens (tertiary/aromatic N) is 3. The smallest absolute Gasteiger partial charge is 0.128 e. The molecule has 6 heteroatoms. The Morgan fingerprint density at radius 1 is 1.19 bits per heavy atom. The minimum atomic E-state index is -0.263. The second-order valence-corrected chi connectivity index (χ2v) is 6.46. The Labute approximate surface area is 152 Å². The molecular formula is C20H21FN4O. The van der Waals surface area contributed by atoms with Crippen molar-refractivity contribution < 1.29 is 9.13 Å². The van der Waals surface area contributed by atoms with Gasteiger partial charge in [-0.25, -0.2) is 9.40 Å². The average molecular weight is 352 g/mol. The molecule has 2 aliphatic heterocycles. The second-order valence-electron chi connectivity index (χ2n) is 6.46. The second kappa shape index (κ2) is 7.17.